The van der Waals surface area contributed by atoms with E-state index in [1.54, 1.807) is 17.0 Å². The van der Waals surface area contributed by atoms with E-state index in [1.807, 2.05) is 0 Å². The van der Waals surface area contributed by atoms with Gasteiger partial charge in [0, 0.05) is 25.7 Å². The molecule has 0 spiro atoms. The molecule has 1 atom stereocenters. The van der Waals surface area contributed by atoms with Gasteiger partial charge in [0.05, 0.1) is 11.2 Å². The molecular weight excluding hydrogens is 329 g/mol. The van der Waals surface area contributed by atoms with Crippen LogP contribution in [0.15, 0.2) is 11.7 Å². The molecule has 1 amide bonds. The Morgan fingerprint density at radius 1 is 1.52 bits per heavy atom. The van der Waals surface area contributed by atoms with E-state index >= 15 is 0 Å². The van der Waals surface area contributed by atoms with Crippen LogP contribution < -0.4 is 5.32 Å². The lowest BCUT2D eigenvalue weighted by molar-refractivity contribution is -0.141. The fraction of sp³-hybridized carbons (Fsp3) is 0.500. The maximum atomic E-state index is 12.7. The first-order chi connectivity index (χ1) is 10.8. The van der Waals surface area contributed by atoms with Gasteiger partial charge in [0.1, 0.15) is 10.7 Å². The van der Waals surface area contributed by atoms with Crippen molar-refractivity contribution in [2.45, 2.75) is 32.5 Å². The summed E-state index contributed by atoms with van der Waals surface area (Å²) in [7, 11) is 0. The number of thiazole rings is 1. The topological polar surface area (TPSA) is 59.8 Å². The lowest BCUT2D eigenvalue weighted by Crippen LogP contribution is -2.33. The van der Waals surface area contributed by atoms with Gasteiger partial charge in [-0.2, -0.15) is 13.2 Å². The van der Waals surface area contributed by atoms with Gasteiger partial charge in [0.25, 0.3) is 5.91 Å². The summed E-state index contributed by atoms with van der Waals surface area (Å²) in [4.78, 5) is 20.3. The molecule has 0 aliphatic carbocycles. The van der Waals surface area contributed by atoms with Gasteiger partial charge in [-0.15, -0.1) is 11.3 Å². The molecule has 124 valence electrons. The van der Waals surface area contributed by atoms with Crippen LogP contribution in [0, 0.1) is 12.8 Å². The molecule has 23 heavy (non-hydrogen) atoms. The third-order valence-corrected chi connectivity index (χ3v) is 4.81. The van der Waals surface area contributed by atoms with E-state index in [1.165, 1.54) is 11.3 Å². The number of aryl methyl sites for hydroxylation is 2. The number of halogens is 3. The van der Waals surface area contributed by atoms with E-state index in [2.05, 4.69) is 15.3 Å². The van der Waals surface area contributed by atoms with Gasteiger partial charge in [0.15, 0.2) is 5.69 Å². The Morgan fingerprint density at radius 3 is 2.96 bits per heavy atom. The Bertz CT molecular complexity index is 722. The Morgan fingerprint density at radius 2 is 2.30 bits per heavy atom. The van der Waals surface area contributed by atoms with Crippen molar-refractivity contribution in [2.24, 2.45) is 5.92 Å². The van der Waals surface area contributed by atoms with Crippen LogP contribution in [0.5, 0.6) is 0 Å². The molecule has 1 N–H and O–H groups in total. The van der Waals surface area contributed by atoms with Crippen molar-refractivity contribution in [2.75, 3.05) is 6.54 Å². The van der Waals surface area contributed by atoms with Crippen LogP contribution in [0.2, 0.25) is 0 Å². The second-order valence-corrected chi connectivity index (χ2v) is 6.43. The highest BCUT2D eigenvalue weighted by Crippen LogP contribution is 2.30. The first-order valence-electron chi connectivity index (χ1n) is 7.16. The molecule has 2 aromatic heterocycles. The van der Waals surface area contributed by atoms with Crippen molar-refractivity contribution >= 4 is 17.2 Å². The number of aromatic nitrogens is 3. The van der Waals surface area contributed by atoms with E-state index in [4.69, 9.17) is 0 Å². The van der Waals surface area contributed by atoms with Gasteiger partial charge >= 0.3 is 6.18 Å². The van der Waals surface area contributed by atoms with Crippen LogP contribution in [-0.4, -0.2) is 27.0 Å². The summed E-state index contributed by atoms with van der Waals surface area (Å²) in [6.07, 6.45) is -2.18. The summed E-state index contributed by atoms with van der Waals surface area (Å²) < 4.78 is 39.6. The number of carbonyl (C=O) groups excluding carboxylic acids is 1. The molecule has 9 heteroatoms. The van der Waals surface area contributed by atoms with Gasteiger partial charge in [-0.05, 0) is 19.3 Å². The van der Waals surface area contributed by atoms with Gasteiger partial charge in [-0.1, -0.05) is 0 Å². The summed E-state index contributed by atoms with van der Waals surface area (Å²) in [6.45, 7) is 2.62. The highest BCUT2D eigenvalue weighted by Gasteiger charge is 2.35. The summed E-state index contributed by atoms with van der Waals surface area (Å²) in [5.74, 6) is 0.366. The quantitative estimate of drug-likeness (QED) is 0.931. The molecule has 3 rings (SSSR count). The maximum Gasteiger partial charge on any atom is 0.434 e. The van der Waals surface area contributed by atoms with E-state index in [0.29, 0.717) is 42.3 Å². The fourth-order valence-electron chi connectivity index (χ4n) is 2.65. The summed E-state index contributed by atoms with van der Waals surface area (Å²) >= 11 is 1.28. The van der Waals surface area contributed by atoms with Crippen molar-refractivity contribution in [3.05, 3.63) is 33.8 Å². The minimum absolute atomic E-state index is 0.0926. The van der Waals surface area contributed by atoms with Gasteiger partial charge in [0.2, 0.25) is 0 Å². The van der Waals surface area contributed by atoms with Crippen molar-refractivity contribution in [3.63, 3.8) is 0 Å². The second-order valence-electron chi connectivity index (χ2n) is 5.57. The number of alkyl halides is 3. The molecule has 1 aliphatic heterocycles. The van der Waals surface area contributed by atoms with Crippen molar-refractivity contribution in [3.8, 4) is 0 Å². The maximum absolute atomic E-state index is 12.7. The van der Waals surface area contributed by atoms with Crippen LogP contribution in [0.25, 0.3) is 0 Å². The standard InChI is InChI=1S/C14H15F3N4OS/c1-8-12(23-7-19-8)13(22)18-4-9-2-3-11-20-10(14(15,16)17)6-21(11)5-9/h6-7,9H,2-5H2,1H3,(H,18,22)/t9-/m1/s1. The van der Waals surface area contributed by atoms with Crippen LogP contribution >= 0.6 is 11.3 Å². The number of carbonyl (C=O) groups is 1. The normalized spacial score (nSPS) is 17.8. The molecule has 3 heterocycles. The van der Waals surface area contributed by atoms with Gasteiger partial charge < -0.3 is 9.88 Å². The lowest BCUT2D eigenvalue weighted by Gasteiger charge is -2.23. The number of rotatable bonds is 3. The number of amides is 1. The second kappa shape index (κ2) is 5.95. The summed E-state index contributed by atoms with van der Waals surface area (Å²) in [6, 6.07) is 0. The fourth-order valence-corrected chi connectivity index (χ4v) is 3.37. The molecule has 0 bridgehead atoms. The number of hydrogen-bond acceptors (Lipinski definition) is 4. The molecule has 0 saturated heterocycles. The van der Waals surface area contributed by atoms with E-state index < -0.39 is 11.9 Å². The monoisotopic (exact) mass is 344 g/mol. The number of fused-ring (bicyclic) bond motifs is 1. The summed E-state index contributed by atoms with van der Waals surface area (Å²) in [5.41, 5.74) is 1.45. The van der Waals surface area contributed by atoms with Crippen LogP contribution in [0.3, 0.4) is 0 Å². The Labute approximate surface area is 134 Å². The average molecular weight is 344 g/mol. The molecule has 0 aromatic carbocycles. The minimum Gasteiger partial charge on any atom is -0.351 e. The first-order valence-corrected chi connectivity index (χ1v) is 8.04. The predicted molar refractivity (Wildman–Crippen MR) is 78.2 cm³/mol. The predicted octanol–water partition coefficient (Wildman–Crippen LogP) is 2.66. The van der Waals surface area contributed by atoms with Crippen molar-refractivity contribution < 1.29 is 18.0 Å². The van der Waals surface area contributed by atoms with Crippen LogP contribution in [0.4, 0.5) is 13.2 Å². The van der Waals surface area contributed by atoms with E-state index in [9.17, 15) is 18.0 Å². The highest BCUT2D eigenvalue weighted by molar-refractivity contribution is 7.11. The SMILES string of the molecule is Cc1ncsc1C(=O)NC[C@H]1CCc2nc(C(F)(F)F)cn2C1. The van der Waals surface area contributed by atoms with Crippen LogP contribution in [-0.2, 0) is 19.1 Å². The average Bonchev–Trinajstić information content (AvgIpc) is 3.09. The molecular formula is C14H15F3N4OS. The Hall–Kier alpha value is -1.90. The molecule has 0 fully saturated rings. The minimum atomic E-state index is -4.42. The van der Waals surface area contributed by atoms with E-state index in [0.717, 1.165) is 6.20 Å². The zero-order valence-corrected chi connectivity index (χ0v) is 13.2. The first kappa shape index (κ1) is 16.0. The number of hydrogen-bond donors (Lipinski definition) is 1. The van der Waals surface area contributed by atoms with Gasteiger partial charge in [-0.25, -0.2) is 9.97 Å². The third-order valence-electron chi connectivity index (χ3n) is 3.88. The zero-order chi connectivity index (χ0) is 16.6. The lowest BCUT2D eigenvalue weighted by atomic mass is 9.99. The zero-order valence-electron chi connectivity index (χ0n) is 12.4. The van der Waals surface area contributed by atoms with Crippen molar-refractivity contribution in [1.82, 2.24) is 19.9 Å². The smallest absolute Gasteiger partial charge is 0.351 e. The van der Waals surface area contributed by atoms with Crippen LogP contribution in [0.1, 0.15) is 33.3 Å². The largest absolute Gasteiger partial charge is 0.434 e. The number of nitrogens with one attached hydrogen (secondary N) is 1. The molecule has 0 unspecified atom stereocenters. The molecule has 1 aliphatic rings. The highest BCUT2D eigenvalue weighted by atomic mass is 32.1. The summed E-state index contributed by atoms with van der Waals surface area (Å²) in [5, 5.41) is 2.84. The molecule has 0 saturated carbocycles. The number of imidazole rings is 1. The molecule has 5 nitrogen and oxygen atoms in total. The number of nitrogens with zero attached hydrogens (tertiary/aromatic N) is 3. The Kier molecular flexibility index (Phi) is 4.13. The molecule has 0 radical (unpaired) electrons. The molecule has 2 aromatic rings. The van der Waals surface area contributed by atoms with Gasteiger partial charge in [-0.3, -0.25) is 4.79 Å². The van der Waals surface area contributed by atoms with E-state index in [-0.39, 0.29) is 11.8 Å². The van der Waals surface area contributed by atoms with Crippen molar-refractivity contribution in [1.29, 1.82) is 0 Å². The Balaban J connectivity index is 1.61. The third kappa shape index (κ3) is 3.39.